The summed E-state index contributed by atoms with van der Waals surface area (Å²) in [6, 6.07) is 14.0. The van der Waals surface area contributed by atoms with Crippen LogP contribution in [-0.4, -0.2) is 48.0 Å². The maximum absolute atomic E-state index is 13.5. The van der Waals surface area contributed by atoms with E-state index in [1.165, 1.54) is 11.3 Å². The zero-order chi connectivity index (χ0) is 23.2. The summed E-state index contributed by atoms with van der Waals surface area (Å²) in [6.45, 7) is 0.482. The average Bonchev–Trinajstić information content (AvgIpc) is 3.58. The lowest BCUT2D eigenvalue weighted by molar-refractivity contribution is -0.121. The topological polar surface area (TPSA) is 97.0 Å². The Bertz CT molecular complexity index is 1310. The Morgan fingerprint density at radius 2 is 1.91 bits per heavy atom. The molecule has 1 aromatic heterocycles. The molecule has 4 heterocycles. The van der Waals surface area contributed by atoms with Gasteiger partial charge in [0.2, 0.25) is 18.6 Å². The molecule has 1 saturated heterocycles. The van der Waals surface area contributed by atoms with E-state index < -0.39 is 6.04 Å². The van der Waals surface area contributed by atoms with E-state index >= 15 is 0 Å². The van der Waals surface area contributed by atoms with Crippen molar-refractivity contribution in [2.45, 2.75) is 24.9 Å². The van der Waals surface area contributed by atoms with Gasteiger partial charge in [0.1, 0.15) is 6.04 Å². The highest BCUT2D eigenvalue weighted by Gasteiger charge is 2.43. The number of benzene rings is 2. The third-order valence-electron chi connectivity index (χ3n) is 6.36. The van der Waals surface area contributed by atoms with Crippen LogP contribution in [0.2, 0.25) is 0 Å². The minimum atomic E-state index is -0.624. The molecule has 3 amide bonds. The fourth-order valence-electron chi connectivity index (χ4n) is 4.72. The van der Waals surface area contributed by atoms with Gasteiger partial charge in [-0.2, -0.15) is 0 Å². The monoisotopic (exact) mass is 475 g/mol. The summed E-state index contributed by atoms with van der Waals surface area (Å²) in [6.07, 6.45) is 0.678. The van der Waals surface area contributed by atoms with Crippen LogP contribution in [0.3, 0.4) is 0 Å². The number of carbonyl (C=O) groups is 3. The number of anilines is 1. The van der Waals surface area contributed by atoms with Crippen molar-refractivity contribution in [1.29, 1.82) is 0 Å². The van der Waals surface area contributed by atoms with E-state index in [0.29, 0.717) is 42.1 Å². The highest BCUT2D eigenvalue weighted by atomic mass is 32.1. The fraction of sp³-hybridized carbons (Fsp3) is 0.240. The van der Waals surface area contributed by atoms with Crippen LogP contribution in [0.25, 0.3) is 11.1 Å². The quantitative estimate of drug-likeness (QED) is 0.605. The summed E-state index contributed by atoms with van der Waals surface area (Å²) in [7, 11) is 0. The standard InChI is InChI=1S/C25H21N3O5S/c29-23(11-17-2-1-7-34-17)26-16-10-20-24(30)27-19-5-3-14(8-18(19)25(31)28(20)12-16)15-4-6-21-22(9-15)33-13-32-21/h1-9,16,20H,10-13H2,(H,26,29)(H,27,30)/t16-,20-/m0/s1. The van der Waals surface area contributed by atoms with Gasteiger partial charge in [0.25, 0.3) is 5.91 Å². The second-order valence-corrected chi connectivity index (χ2v) is 9.58. The van der Waals surface area contributed by atoms with Crippen molar-refractivity contribution in [3.8, 4) is 22.6 Å². The third-order valence-corrected chi connectivity index (χ3v) is 7.23. The molecule has 0 bridgehead atoms. The maximum Gasteiger partial charge on any atom is 0.256 e. The number of rotatable bonds is 4. The fourth-order valence-corrected chi connectivity index (χ4v) is 5.42. The largest absolute Gasteiger partial charge is 0.454 e. The van der Waals surface area contributed by atoms with Crippen LogP contribution in [0, 0.1) is 0 Å². The minimum Gasteiger partial charge on any atom is -0.454 e. The van der Waals surface area contributed by atoms with Gasteiger partial charge in [0, 0.05) is 17.5 Å². The Hall–Kier alpha value is -3.85. The molecule has 2 aromatic carbocycles. The second-order valence-electron chi connectivity index (χ2n) is 8.55. The van der Waals surface area contributed by atoms with Crippen molar-refractivity contribution >= 4 is 34.7 Å². The van der Waals surface area contributed by atoms with E-state index in [2.05, 4.69) is 10.6 Å². The molecule has 172 valence electrons. The molecule has 0 unspecified atom stereocenters. The summed E-state index contributed by atoms with van der Waals surface area (Å²) in [5, 5.41) is 7.82. The van der Waals surface area contributed by atoms with Crippen molar-refractivity contribution in [3.63, 3.8) is 0 Å². The number of thiophene rings is 1. The summed E-state index contributed by atoms with van der Waals surface area (Å²) < 4.78 is 10.9. The molecule has 1 fully saturated rings. The molecule has 3 aliphatic heterocycles. The van der Waals surface area contributed by atoms with Gasteiger partial charge in [0.15, 0.2) is 11.5 Å². The average molecular weight is 476 g/mol. The van der Waals surface area contributed by atoms with Crippen LogP contribution in [-0.2, 0) is 16.0 Å². The lowest BCUT2D eigenvalue weighted by Crippen LogP contribution is -2.41. The smallest absolute Gasteiger partial charge is 0.256 e. The Balaban J connectivity index is 1.23. The van der Waals surface area contributed by atoms with Crippen molar-refractivity contribution in [3.05, 3.63) is 64.4 Å². The molecule has 8 nitrogen and oxygen atoms in total. The lowest BCUT2D eigenvalue weighted by atomic mass is 10.0. The van der Waals surface area contributed by atoms with Crippen molar-refractivity contribution in [1.82, 2.24) is 10.2 Å². The number of carbonyl (C=O) groups excluding carboxylic acids is 3. The van der Waals surface area contributed by atoms with Gasteiger partial charge in [-0.25, -0.2) is 0 Å². The van der Waals surface area contributed by atoms with Gasteiger partial charge in [-0.1, -0.05) is 18.2 Å². The Morgan fingerprint density at radius 3 is 2.76 bits per heavy atom. The number of fused-ring (bicyclic) bond motifs is 3. The molecule has 34 heavy (non-hydrogen) atoms. The van der Waals surface area contributed by atoms with E-state index in [0.717, 1.165) is 16.0 Å². The van der Waals surface area contributed by atoms with Crippen molar-refractivity contribution in [2.75, 3.05) is 18.7 Å². The number of nitrogens with zero attached hydrogens (tertiary/aromatic N) is 1. The van der Waals surface area contributed by atoms with E-state index in [9.17, 15) is 14.4 Å². The first kappa shape index (κ1) is 20.7. The van der Waals surface area contributed by atoms with Crippen LogP contribution in [0.5, 0.6) is 11.5 Å². The number of nitrogens with one attached hydrogen (secondary N) is 2. The predicted octanol–water partition coefficient (Wildman–Crippen LogP) is 3.04. The first-order valence-electron chi connectivity index (χ1n) is 11.0. The zero-order valence-corrected chi connectivity index (χ0v) is 18.9. The Labute approximate surface area is 199 Å². The van der Waals surface area contributed by atoms with Gasteiger partial charge < -0.3 is 25.0 Å². The van der Waals surface area contributed by atoms with E-state index in [1.54, 1.807) is 17.0 Å². The third kappa shape index (κ3) is 3.67. The molecular formula is C25H21N3O5S. The van der Waals surface area contributed by atoms with Crippen LogP contribution < -0.4 is 20.1 Å². The minimum absolute atomic E-state index is 0.108. The molecule has 2 N–H and O–H groups in total. The maximum atomic E-state index is 13.5. The number of hydrogen-bond donors (Lipinski definition) is 2. The molecule has 3 aliphatic rings. The van der Waals surface area contributed by atoms with Crippen LogP contribution in [0.4, 0.5) is 5.69 Å². The normalized spacial score (nSPS) is 20.4. The van der Waals surface area contributed by atoms with E-state index in [1.807, 2.05) is 41.8 Å². The van der Waals surface area contributed by atoms with Gasteiger partial charge >= 0.3 is 0 Å². The molecule has 0 saturated carbocycles. The van der Waals surface area contributed by atoms with Gasteiger partial charge in [-0.3, -0.25) is 14.4 Å². The summed E-state index contributed by atoms with van der Waals surface area (Å²) in [4.78, 5) is 41.4. The molecule has 9 heteroatoms. The Morgan fingerprint density at radius 1 is 1.09 bits per heavy atom. The summed E-state index contributed by atoms with van der Waals surface area (Å²) in [5.74, 6) is 0.777. The zero-order valence-electron chi connectivity index (χ0n) is 18.1. The molecule has 6 rings (SSSR count). The predicted molar refractivity (Wildman–Crippen MR) is 126 cm³/mol. The van der Waals surface area contributed by atoms with Crippen LogP contribution >= 0.6 is 11.3 Å². The van der Waals surface area contributed by atoms with Crippen molar-refractivity contribution < 1.29 is 23.9 Å². The molecule has 0 radical (unpaired) electrons. The van der Waals surface area contributed by atoms with E-state index in [-0.39, 0.29) is 30.6 Å². The highest BCUT2D eigenvalue weighted by molar-refractivity contribution is 7.10. The summed E-state index contributed by atoms with van der Waals surface area (Å²) >= 11 is 1.53. The SMILES string of the molecule is O=C(Cc1cccs1)N[C@H]1C[C@H]2C(=O)Nc3ccc(-c4ccc5c(c4)OCO5)cc3C(=O)N2C1. The number of amides is 3. The van der Waals surface area contributed by atoms with Gasteiger partial charge in [0.05, 0.1) is 17.7 Å². The molecule has 0 aliphatic carbocycles. The number of hydrogen-bond acceptors (Lipinski definition) is 6. The first-order valence-corrected chi connectivity index (χ1v) is 11.9. The van der Waals surface area contributed by atoms with E-state index in [4.69, 9.17) is 9.47 Å². The molecule has 2 atom stereocenters. The first-order chi connectivity index (χ1) is 16.5. The summed E-state index contributed by atoms with van der Waals surface area (Å²) in [5.41, 5.74) is 2.63. The van der Waals surface area contributed by atoms with Crippen LogP contribution in [0.1, 0.15) is 21.7 Å². The van der Waals surface area contributed by atoms with Gasteiger partial charge in [-0.15, -0.1) is 11.3 Å². The van der Waals surface area contributed by atoms with Crippen molar-refractivity contribution in [2.24, 2.45) is 0 Å². The lowest BCUT2D eigenvalue weighted by Gasteiger charge is -2.20. The molecular weight excluding hydrogens is 454 g/mol. The molecule has 0 spiro atoms. The van der Waals surface area contributed by atoms with Crippen LogP contribution in [0.15, 0.2) is 53.9 Å². The molecule has 3 aromatic rings. The van der Waals surface area contributed by atoms with Gasteiger partial charge in [-0.05, 0) is 53.3 Å². The Kier molecular flexibility index (Phi) is 4.99. The highest BCUT2D eigenvalue weighted by Crippen LogP contribution is 2.37. The second kappa shape index (κ2) is 8.18. The number of ether oxygens (including phenoxy) is 2.